The van der Waals surface area contributed by atoms with E-state index in [2.05, 4.69) is 9.72 Å². The molecule has 0 aromatic carbocycles. The Morgan fingerprint density at radius 3 is 2.47 bits per heavy atom. The molecular weight excluding hydrogens is 439 g/mol. The van der Waals surface area contributed by atoms with Crippen molar-refractivity contribution < 1.29 is 17.9 Å². The summed E-state index contributed by atoms with van der Waals surface area (Å²) in [4.78, 5) is 3.76. The summed E-state index contributed by atoms with van der Waals surface area (Å²) < 4.78 is 40.1. The number of alkyl halides is 3. The smallest absolute Gasteiger partial charge is 0.402 e. The Morgan fingerprint density at radius 1 is 1.40 bits per heavy atom. The lowest BCUT2D eigenvalue weighted by molar-refractivity contribution is -0.275. The summed E-state index contributed by atoms with van der Waals surface area (Å²) in [5.41, 5.74) is -0.184. The molecule has 0 aliphatic rings. The fraction of sp³-hybridized carbons (Fsp3) is 0.143. The van der Waals surface area contributed by atoms with Crippen LogP contribution in [0.25, 0.3) is 0 Å². The first-order valence-corrected chi connectivity index (χ1v) is 5.51. The van der Waals surface area contributed by atoms with E-state index in [9.17, 15) is 13.2 Å². The topological polar surface area (TPSA) is 45.9 Å². The van der Waals surface area contributed by atoms with Gasteiger partial charge in [-0.2, -0.15) is 5.26 Å². The van der Waals surface area contributed by atoms with E-state index in [1.807, 2.05) is 0 Å². The van der Waals surface area contributed by atoms with Crippen LogP contribution < -0.4 is 4.74 Å². The molecule has 0 fully saturated rings. The number of nitriles is 1. The highest BCUT2D eigenvalue weighted by Gasteiger charge is 2.33. The van der Waals surface area contributed by atoms with Crippen molar-refractivity contribution in [3.8, 4) is 11.8 Å². The molecule has 15 heavy (non-hydrogen) atoms. The van der Waals surface area contributed by atoms with E-state index in [0.717, 1.165) is 0 Å². The second kappa shape index (κ2) is 4.69. The summed E-state index contributed by atoms with van der Waals surface area (Å²) in [5, 5.41) is 8.63. The lowest BCUT2D eigenvalue weighted by atomic mass is 10.3. The van der Waals surface area contributed by atoms with Gasteiger partial charge in [-0.1, -0.05) is 0 Å². The van der Waals surface area contributed by atoms with Crippen molar-refractivity contribution in [2.45, 2.75) is 6.36 Å². The molecule has 0 atom stereocenters. The zero-order valence-electron chi connectivity index (χ0n) is 6.77. The molecule has 0 amide bonds. The van der Waals surface area contributed by atoms with E-state index in [-0.39, 0.29) is 9.26 Å². The van der Waals surface area contributed by atoms with Gasteiger partial charge in [0.15, 0.2) is 5.75 Å². The maximum absolute atomic E-state index is 12.0. The number of aromatic nitrogens is 1. The van der Waals surface area contributed by atoms with E-state index in [1.54, 1.807) is 51.3 Å². The highest BCUT2D eigenvalue weighted by Crippen LogP contribution is 2.30. The maximum atomic E-state index is 12.0. The van der Waals surface area contributed by atoms with E-state index in [4.69, 9.17) is 5.26 Å². The SMILES string of the molecule is N#Cc1cc(I)nc(I)c1OC(F)(F)F. The van der Waals surface area contributed by atoms with Gasteiger partial charge in [0.1, 0.15) is 13.5 Å². The van der Waals surface area contributed by atoms with Crippen molar-refractivity contribution in [2.75, 3.05) is 0 Å². The molecule has 80 valence electrons. The fourth-order valence-electron chi connectivity index (χ4n) is 0.768. The number of rotatable bonds is 1. The molecule has 0 unspecified atom stereocenters. The van der Waals surface area contributed by atoms with Gasteiger partial charge in [-0.05, 0) is 51.2 Å². The summed E-state index contributed by atoms with van der Waals surface area (Å²) in [6.45, 7) is 0. The molecule has 0 radical (unpaired) electrons. The van der Waals surface area contributed by atoms with E-state index in [1.165, 1.54) is 6.07 Å². The number of pyridine rings is 1. The van der Waals surface area contributed by atoms with Crippen molar-refractivity contribution in [3.63, 3.8) is 0 Å². The van der Waals surface area contributed by atoms with Crippen molar-refractivity contribution in [1.82, 2.24) is 4.98 Å². The van der Waals surface area contributed by atoms with Crippen molar-refractivity contribution in [1.29, 1.82) is 5.26 Å². The Morgan fingerprint density at radius 2 is 2.00 bits per heavy atom. The van der Waals surface area contributed by atoms with Gasteiger partial charge in [-0.15, -0.1) is 13.2 Å². The van der Waals surface area contributed by atoms with Crippen molar-refractivity contribution >= 4 is 45.2 Å². The van der Waals surface area contributed by atoms with Gasteiger partial charge < -0.3 is 4.74 Å². The third-order valence-corrected chi connectivity index (χ3v) is 2.52. The average molecular weight is 440 g/mol. The van der Waals surface area contributed by atoms with Crippen LogP contribution in [0.1, 0.15) is 5.56 Å². The van der Waals surface area contributed by atoms with E-state index >= 15 is 0 Å². The van der Waals surface area contributed by atoms with Crippen LogP contribution in [0.5, 0.6) is 5.75 Å². The van der Waals surface area contributed by atoms with Crippen molar-refractivity contribution in [2.24, 2.45) is 0 Å². The van der Waals surface area contributed by atoms with Gasteiger partial charge in [0.2, 0.25) is 0 Å². The molecule has 0 N–H and O–H groups in total. The number of halogens is 5. The highest BCUT2D eigenvalue weighted by atomic mass is 127. The van der Waals surface area contributed by atoms with Gasteiger partial charge in [0.25, 0.3) is 0 Å². The second-order valence-electron chi connectivity index (χ2n) is 2.27. The van der Waals surface area contributed by atoms with E-state index < -0.39 is 12.1 Å². The predicted octanol–water partition coefficient (Wildman–Crippen LogP) is 3.06. The quantitative estimate of drug-likeness (QED) is 0.499. The minimum absolute atomic E-state index is 0.00775. The van der Waals surface area contributed by atoms with Crippen LogP contribution >= 0.6 is 45.2 Å². The van der Waals surface area contributed by atoms with Crippen LogP contribution in [0.15, 0.2) is 6.07 Å². The van der Waals surface area contributed by atoms with Crippen LogP contribution in [-0.2, 0) is 0 Å². The summed E-state index contributed by atoms with van der Waals surface area (Å²) in [6.07, 6.45) is -4.82. The first-order valence-electron chi connectivity index (χ1n) is 3.35. The van der Waals surface area contributed by atoms with Crippen molar-refractivity contribution in [3.05, 3.63) is 19.0 Å². The Hall–Kier alpha value is -0.310. The number of hydrogen-bond acceptors (Lipinski definition) is 3. The molecule has 0 aliphatic carbocycles. The minimum Gasteiger partial charge on any atom is -0.402 e. The summed E-state index contributed by atoms with van der Waals surface area (Å²) in [7, 11) is 0. The summed E-state index contributed by atoms with van der Waals surface area (Å²) >= 11 is 3.39. The zero-order chi connectivity index (χ0) is 11.6. The van der Waals surface area contributed by atoms with Gasteiger partial charge in [0, 0.05) is 0 Å². The first kappa shape index (κ1) is 12.8. The third-order valence-electron chi connectivity index (χ3n) is 1.24. The van der Waals surface area contributed by atoms with Crippen LogP contribution in [0.4, 0.5) is 13.2 Å². The highest BCUT2D eigenvalue weighted by molar-refractivity contribution is 14.1. The average Bonchev–Trinajstić information content (AvgIpc) is 2.07. The molecule has 3 nitrogen and oxygen atoms in total. The maximum Gasteiger partial charge on any atom is 0.573 e. The molecule has 1 heterocycles. The largest absolute Gasteiger partial charge is 0.573 e. The number of ether oxygens (including phenoxy) is 1. The zero-order valence-corrected chi connectivity index (χ0v) is 11.1. The second-order valence-corrected chi connectivity index (χ2v) is 4.40. The summed E-state index contributed by atoms with van der Waals surface area (Å²) in [5.74, 6) is -0.550. The first-order chi connectivity index (χ1) is 6.83. The van der Waals surface area contributed by atoms with Crippen LogP contribution in [0.2, 0.25) is 0 Å². The lowest BCUT2D eigenvalue weighted by Gasteiger charge is -2.11. The minimum atomic E-state index is -4.82. The van der Waals surface area contributed by atoms with Gasteiger partial charge >= 0.3 is 6.36 Å². The van der Waals surface area contributed by atoms with Gasteiger partial charge in [-0.3, -0.25) is 0 Å². The molecule has 0 saturated heterocycles. The standard InChI is InChI=1S/C7HF3I2N2O/c8-7(9,10)15-5-3(2-13)1-4(11)14-6(5)12/h1H. The normalized spacial score (nSPS) is 10.9. The molecule has 1 rings (SSSR count). The summed E-state index contributed by atoms with van der Waals surface area (Å²) in [6, 6.07) is 2.85. The number of nitrogens with zero attached hydrogens (tertiary/aromatic N) is 2. The molecule has 0 bridgehead atoms. The van der Waals surface area contributed by atoms with Crippen LogP contribution in [0.3, 0.4) is 0 Å². The van der Waals surface area contributed by atoms with Gasteiger partial charge in [-0.25, -0.2) is 4.98 Å². The molecule has 1 aromatic heterocycles. The molecule has 8 heteroatoms. The lowest BCUT2D eigenvalue weighted by Crippen LogP contribution is -2.19. The third kappa shape index (κ3) is 3.63. The Labute approximate surface area is 110 Å². The Bertz CT molecular complexity index is 427. The molecule has 0 aliphatic heterocycles. The molecule has 0 spiro atoms. The fourth-order valence-corrected chi connectivity index (χ4v) is 2.44. The number of hydrogen-bond donors (Lipinski definition) is 0. The Kier molecular flexibility index (Phi) is 3.99. The van der Waals surface area contributed by atoms with Gasteiger partial charge in [0.05, 0.1) is 5.56 Å². The Balaban J connectivity index is 3.23. The molecular formula is C7HF3I2N2O. The predicted molar refractivity (Wildman–Crippen MR) is 61.1 cm³/mol. The monoisotopic (exact) mass is 440 g/mol. The van der Waals surface area contributed by atoms with Crippen LogP contribution in [0, 0.1) is 18.7 Å². The van der Waals surface area contributed by atoms with Crippen LogP contribution in [-0.4, -0.2) is 11.3 Å². The van der Waals surface area contributed by atoms with E-state index in [0.29, 0.717) is 3.70 Å². The molecule has 0 saturated carbocycles. The molecule has 1 aromatic rings.